The Balaban J connectivity index is 2.00. The molecule has 0 heterocycles. The largest absolute Gasteiger partial charge is 0.294 e. The number of hydrogen-bond donors (Lipinski definition) is 0. The maximum absolute atomic E-state index is 12.3. The third-order valence-electron chi connectivity index (χ3n) is 3.68. The molecule has 0 bridgehead atoms. The highest BCUT2D eigenvalue weighted by Crippen LogP contribution is 2.23. The third-order valence-corrected chi connectivity index (χ3v) is 3.68. The zero-order valence-electron chi connectivity index (χ0n) is 11.5. The number of carbonyl (C=O) groups is 1. The van der Waals surface area contributed by atoms with Crippen LogP contribution in [0, 0.1) is 6.92 Å². The molecule has 20 heavy (non-hydrogen) atoms. The van der Waals surface area contributed by atoms with Gasteiger partial charge in [0.05, 0.1) is 0 Å². The van der Waals surface area contributed by atoms with Gasteiger partial charge in [-0.15, -0.1) is 0 Å². The molecule has 0 amide bonds. The Bertz CT molecular complexity index is 757. The van der Waals surface area contributed by atoms with E-state index in [1.54, 1.807) is 0 Å². The molecule has 0 aliphatic heterocycles. The van der Waals surface area contributed by atoms with Crippen molar-refractivity contribution in [3.8, 4) is 0 Å². The molecule has 3 aromatic rings. The minimum atomic E-state index is 0.166. The fourth-order valence-electron chi connectivity index (χ4n) is 2.57. The van der Waals surface area contributed by atoms with Crippen molar-refractivity contribution in [2.75, 3.05) is 0 Å². The van der Waals surface area contributed by atoms with Gasteiger partial charge < -0.3 is 0 Å². The number of hydrogen-bond acceptors (Lipinski definition) is 1. The molecule has 0 saturated heterocycles. The first-order valence-corrected chi connectivity index (χ1v) is 6.81. The average Bonchev–Trinajstić information content (AvgIpc) is 2.51. The highest BCUT2D eigenvalue weighted by molar-refractivity contribution is 6.00. The van der Waals surface area contributed by atoms with E-state index in [0.717, 1.165) is 11.1 Å². The molecule has 0 aromatic heterocycles. The molecule has 1 nitrogen and oxygen atoms in total. The van der Waals surface area contributed by atoms with Gasteiger partial charge in [-0.1, -0.05) is 66.7 Å². The first kappa shape index (κ1) is 12.6. The van der Waals surface area contributed by atoms with Crippen molar-refractivity contribution >= 4 is 16.6 Å². The number of aryl methyl sites for hydroxylation is 1. The lowest BCUT2D eigenvalue weighted by atomic mass is 9.95. The fraction of sp³-hybridized carbons (Fsp3) is 0.105. The highest BCUT2D eigenvalue weighted by Gasteiger charge is 2.09. The Kier molecular flexibility index (Phi) is 3.34. The van der Waals surface area contributed by atoms with Gasteiger partial charge in [0, 0.05) is 12.0 Å². The average molecular weight is 260 g/mol. The molecule has 0 spiro atoms. The van der Waals surface area contributed by atoms with Crippen LogP contribution in [0.4, 0.5) is 0 Å². The second-order valence-corrected chi connectivity index (χ2v) is 5.05. The van der Waals surface area contributed by atoms with Crippen molar-refractivity contribution in [3.63, 3.8) is 0 Å². The van der Waals surface area contributed by atoms with Crippen molar-refractivity contribution in [1.29, 1.82) is 0 Å². The van der Waals surface area contributed by atoms with Crippen molar-refractivity contribution in [2.24, 2.45) is 0 Å². The second-order valence-electron chi connectivity index (χ2n) is 5.05. The summed E-state index contributed by atoms with van der Waals surface area (Å²) in [5, 5.41) is 2.41. The quantitative estimate of drug-likeness (QED) is 0.630. The molecule has 0 atom stereocenters. The summed E-state index contributed by atoms with van der Waals surface area (Å²) < 4.78 is 0. The van der Waals surface area contributed by atoms with Gasteiger partial charge in [-0.2, -0.15) is 0 Å². The maximum atomic E-state index is 12.3. The summed E-state index contributed by atoms with van der Waals surface area (Å²) >= 11 is 0. The zero-order chi connectivity index (χ0) is 13.9. The molecule has 1 heteroatoms. The smallest absolute Gasteiger partial charge is 0.167 e. The first-order chi connectivity index (χ1) is 9.75. The second kappa shape index (κ2) is 5.30. The van der Waals surface area contributed by atoms with Crippen LogP contribution in [0.15, 0.2) is 66.7 Å². The van der Waals surface area contributed by atoms with Crippen molar-refractivity contribution in [1.82, 2.24) is 0 Å². The van der Waals surface area contributed by atoms with Crippen LogP contribution in [0.3, 0.4) is 0 Å². The molecule has 0 aliphatic carbocycles. The summed E-state index contributed by atoms with van der Waals surface area (Å²) in [6, 6.07) is 21.9. The normalized spacial score (nSPS) is 10.7. The Labute approximate surface area is 118 Å². The minimum absolute atomic E-state index is 0.166. The van der Waals surface area contributed by atoms with Crippen molar-refractivity contribution < 1.29 is 4.79 Å². The van der Waals surface area contributed by atoms with Gasteiger partial charge in [0.2, 0.25) is 0 Å². The Morgan fingerprint density at radius 2 is 1.45 bits per heavy atom. The molecular formula is C19H16O. The van der Waals surface area contributed by atoms with E-state index < -0.39 is 0 Å². The predicted molar refractivity (Wildman–Crippen MR) is 83.2 cm³/mol. The van der Waals surface area contributed by atoms with Crippen molar-refractivity contribution in [3.05, 3.63) is 83.4 Å². The zero-order valence-corrected chi connectivity index (χ0v) is 11.5. The predicted octanol–water partition coefficient (Wildman–Crippen LogP) is 4.57. The highest BCUT2D eigenvalue weighted by atomic mass is 16.1. The number of Topliss-reactive ketones (excluding diaryl/α,β-unsaturated/α-hetero) is 1. The first-order valence-electron chi connectivity index (χ1n) is 6.81. The van der Waals surface area contributed by atoms with Crippen LogP contribution in [0.5, 0.6) is 0 Å². The molecule has 0 saturated carbocycles. The van der Waals surface area contributed by atoms with Crippen molar-refractivity contribution in [2.45, 2.75) is 13.3 Å². The number of carbonyl (C=O) groups excluding carboxylic acids is 1. The summed E-state index contributed by atoms with van der Waals surface area (Å²) in [4.78, 5) is 12.3. The maximum Gasteiger partial charge on any atom is 0.167 e. The van der Waals surface area contributed by atoms with Crippen LogP contribution in [0.1, 0.15) is 21.5 Å². The topological polar surface area (TPSA) is 17.1 Å². The number of ketones is 1. The lowest BCUT2D eigenvalue weighted by molar-refractivity contribution is 0.0993. The van der Waals surface area contributed by atoms with E-state index in [4.69, 9.17) is 0 Å². The molecule has 0 fully saturated rings. The van der Waals surface area contributed by atoms with Crippen LogP contribution in [-0.2, 0) is 6.42 Å². The fourth-order valence-corrected chi connectivity index (χ4v) is 2.57. The molecular weight excluding hydrogens is 244 g/mol. The monoisotopic (exact) mass is 260 g/mol. The van der Waals surface area contributed by atoms with Crippen LogP contribution < -0.4 is 0 Å². The summed E-state index contributed by atoms with van der Waals surface area (Å²) in [7, 11) is 0. The van der Waals surface area contributed by atoms with Crippen LogP contribution in [0.25, 0.3) is 10.8 Å². The molecule has 98 valence electrons. The van der Waals surface area contributed by atoms with Crippen LogP contribution in [0.2, 0.25) is 0 Å². The van der Waals surface area contributed by atoms with E-state index in [-0.39, 0.29) is 5.78 Å². The molecule has 0 unspecified atom stereocenters. The van der Waals surface area contributed by atoms with Gasteiger partial charge in [-0.05, 0) is 28.8 Å². The number of fused-ring (bicyclic) bond motifs is 1. The van der Waals surface area contributed by atoms with E-state index >= 15 is 0 Å². The Morgan fingerprint density at radius 3 is 2.20 bits per heavy atom. The molecule has 3 rings (SSSR count). The van der Waals surface area contributed by atoms with E-state index in [9.17, 15) is 4.79 Å². The van der Waals surface area contributed by atoms with E-state index in [1.807, 2.05) is 42.5 Å². The summed E-state index contributed by atoms with van der Waals surface area (Å²) in [6.45, 7) is 2.10. The van der Waals surface area contributed by atoms with Gasteiger partial charge in [0.1, 0.15) is 0 Å². The van der Waals surface area contributed by atoms with Crippen LogP contribution >= 0.6 is 0 Å². The van der Waals surface area contributed by atoms with Gasteiger partial charge in [-0.3, -0.25) is 4.79 Å². The summed E-state index contributed by atoms with van der Waals surface area (Å²) in [6.07, 6.45) is 0.449. The Hall–Kier alpha value is -2.41. The minimum Gasteiger partial charge on any atom is -0.294 e. The van der Waals surface area contributed by atoms with Gasteiger partial charge in [0.25, 0.3) is 0 Å². The van der Waals surface area contributed by atoms with Gasteiger partial charge >= 0.3 is 0 Å². The van der Waals surface area contributed by atoms with Gasteiger partial charge in [0.15, 0.2) is 5.78 Å². The van der Waals surface area contributed by atoms with Gasteiger partial charge in [-0.25, -0.2) is 0 Å². The third kappa shape index (κ3) is 2.35. The molecule has 3 aromatic carbocycles. The van der Waals surface area contributed by atoms with Crippen LogP contribution in [-0.4, -0.2) is 5.78 Å². The molecule has 0 aliphatic rings. The lowest BCUT2D eigenvalue weighted by Gasteiger charge is -2.08. The van der Waals surface area contributed by atoms with E-state index in [0.29, 0.717) is 6.42 Å². The SMILES string of the molecule is Cc1ccc(CC(=O)c2ccccc2)c2ccccc12. The lowest BCUT2D eigenvalue weighted by Crippen LogP contribution is -2.04. The molecule has 0 N–H and O–H groups in total. The summed E-state index contributed by atoms with van der Waals surface area (Å²) in [5.74, 6) is 0.166. The van der Waals surface area contributed by atoms with E-state index in [1.165, 1.54) is 16.3 Å². The molecule has 0 radical (unpaired) electrons. The number of rotatable bonds is 3. The Morgan fingerprint density at radius 1 is 0.800 bits per heavy atom. The van der Waals surface area contributed by atoms with E-state index in [2.05, 4.69) is 31.2 Å². The number of benzene rings is 3. The summed E-state index contributed by atoms with van der Waals surface area (Å²) in [5.41, 5.74) is 3.12. The standard InChI is InChI=1S/C19H16O/c1-14-11-12-16(18-10-6-5-9-17(14)18)13-19(20)15-7-3-2-4-8-15/h2-12H,13H2,1H3.